The number of hydrogen-bond donors (Lipinski definition) is 1. The summed E-state index contributed by atoms with van der Waals surface area (Å²) in [5.74, 6) is 0.746. The molecule has 3 nitrogen and oxygen atoms in total. The maximum absolute atomic E-state index is 11.3. The normalized spacial score (nSPS) is 10.2. The predicted octanol–water partition coefficient (Wildman–Crippen LogP) is 3.33. The molecule has 1 N–H and O–H groups in total. The van der Waals surface area contributed by atoms with Crippen molar-refractivity contribution < 1.29 is 9.53 Å². The summed E-state index contributed by atoms with van der Waals surface area (Å²) in [4.78, 5) is 11.3. The molecule has 1 aromatic rings. The van der Waals surface area contributed by atoms with Gasteiger partial charge in [0.25, 0.3) is 0 Å². The van der Waals surface area contributed by atoms with Gasteiger partial charge in [0.15, 0.2) is 0 Å². The van der Waals surface area contributed by atoms with Crippen molar-refractivity contribution in [2.75, 3.05) is 13.2 Å². The van der Waals surface area contributed by atoms with E-state index in [1.54, 1.807) is 0 Å². The first-order chi connectivity index (χ1) is 8.63. The van der Waals surface area contributed by atoms with Gasteiger partial charge in [0, 0.05) is 6.42 Å². The Bertz CT molecular complexity index is 393. The lowest BCUT2D eigenvalue weighted by Gasteiger charge is -2.09. The molecule has 1 aromatic carbocycles. The minimum Gasteiger partial charge on any atom is -0.490 e. The van der Waals surface area contributed by atoms with E-state index in [-0.39, 0.29) is 5.91 Å². The molecule has 100 valence electrons. The highest BCUT2D eigenvalue weighted by molar-refractivity contribution is 6.32. The molecule has 0 aliphatic heterocycles. The number of carbonyl (C=O) groups is 1. The van der Waals surface area contributed by atoms with Gasteiger partial charge in [-0.1, -0.05) is 31.0 Å². The second-order valence-corrected chi connectivity index (χ2v) is 4.64. The van der Waals surface area contributed by atoms with Crippen LogP contribution < -0.4 is 10.1 Å². The molecule has 0 saturated heterocycles. The third-order valence-corrected chi connectivity index (χ3v) is 2.84. The molecule has 0 atom stereocenters. The standard InChI is InChI=1S/C14H20ClNO2/c1-3-4-5-14(17)16-8-9-18-13-10-11(2)6-7-12(13)15/h6-7,10H,3-5,8-9H2,1-2H3,(H,16,17). The Balaban J connectivity index is 2.25. The molecule has 1 amide bonds. The summed E-state index contributed by atoms with van der Waals surface area (Å²) < 4.78 is 5.53. The lowest BCUT2D eigenvalue weighted by Crippen LogP contribution is -2.27. The van der Waals surface area contributed by atoms with Crippen molar-refractivity contribution in [1.29, 1.82) is 0 Å². The predicted molar refractivity (Wildman–Crippen MR) is 74.2 cm³/mol. The van der Waals surface area contributed by atoms with Crippen molar-refractivity contribution in [3.05, 3.63) is 28.8 Å². The number of halogens is 1. The number of carbonyl (C=O) groups excluding carboxylic acids is 1. The van der Waals surface area contributed by atoms with Crippen LogP contribution in [0, 0.1) is 6.92 Å². The summed E-state index contributed by atoms with van der Waals surface area (Å²) in [7, 11) is 0. The number of rotatable bonds is 7. The van der Waals surface area contributed by atoms with E-state index >= 15 is 0 Å². The second kappa shape index (κ2) is 7.98. The Morgan fingerprint density at radius 2 is 2.22 bits per heavy atom. The number of amides is 1. The first-order valence-electron chi connectivity index (χ1n) is 6.29. The molecule has 0 bridgehead atoms. The Hall–Kier alpha value is -1.22. The molecule has 0 saturated carbocycles. The summed E-state index contributed by atoms with van der Waals surface area (Å²) in [5, 5.41) is 3.41. The van der Waals surface area contributed by atoms with E-state index in [1.807, 2.05) is 25.1 Å². The number of nitrogens with one attached hydrogen (secondary N) is 1. The quantitative estimate of drug-likeness (QED) is 0.771. The zero-order chi connectivity index (χ0) is 13.4. The van der Waals surface area contributed by atoms with Gasteiger partial charge in [-0.2, -0.15) is 0 Å². The lowest BCUT2D eigenvalue weighted by atomic mass is 10.2. The molecule has 18 heavy (non-hydrogen) atoms. The molecular weight excluding hydrogens is 250 g/mol. The monoisotopic (exact) mass is 269 g/mol. The highest BCUT2D eigenvalue weighted by Crippen LogP contribution is 2.24. The van der Waals surface area contributed by atoms with Gasteiger partial charge in [-0.25, -0.2) is 0 Å². The van der Waals surface area contributed by atoms with Crippen molar-refractivity contribution in [2.45, 2.75) is 33.1 Å². The molecule has 0 heterocycles. The van der Waals surface area contributed by atoms with Crippen LogP contribution in [0.5, 0.6) is 5.75 Å². The third-order valence-electron chi connectivity index (χ3n) is 2.53. The Kier molecular flexibility index (Phi) is 6.58. The topological polar surface area (TPSA) is 38.3 Å². The molecule has 0 radical (unpaired) electrons. The molecular formula is C14H20ClNO2. The molecule has 0 aliphatic carbocycles. The van der Waals surface area contributed by atoms with Crippen molar-refractivity contribution in [1.82, 2.24) is 5.32 Å². The first-order valence-corrected chi connectivity index (χ1v) is 6.67. The van der Waals surface area contributed by atoms with Gasteiger partial charge in [0.1, 0.15) is 12.4 Å². The number of aryl methyl sites for hydroxylation is 1. The fraction of sp³-hybridized carbons (Fsp3) is 0.500. The summed E-state index contributed by atoms with van der Waals surface area (Å²) >= 11 is 5.99. The maximum Gasteiger partial charge on any atom is 0.220 e. The van der Waals surface area contributed by atoms with Crippen LogP contribution in [0.1, 0.15) is 31.7 Å². The Labute approximate surface area is 113 Å². The third kappa shape index (κ3) is 5.41. The molecule has 0 fully saturated rings. The van der Waals surface area contributed by atoms with E-state index in [0.717, 1.165) is 18.4 Å². The van der Waals surface area contributed by atoms with E-state index in [0.29, 0.717) is 30.3 Å². The van der Waals surface area contributed by atoms with Crippen LogP contribution in [0.3, 0.4) is 0 Å². The Morgan fingerprint density at radius 1 is 1.44 bits per heavy atom. The largest absolute Gasteiger partial charge is 0.490 e. The number of benzene rings is 1. The van der Waals surface area contributed by atoms with Crippen LogP contribution >= 0.6 is 11.6 Å². The second-order valence-electron chi connectivity index (χ2n) is 4.24. The number of ether oxygens (including phenoxy) is 1. The van der Waals surface area contributed by atoms with Crippen LogP contribution in [0.15, 0.2) is 18.2 Å². The van der Waals surface area contributed by atoms with Gasteiger partial charge in [0.05, 0.1) is 11.6 Å². The molecule has 1 rings (SSSR count). The van der Waals surface area contributed by atoms with E-state index < -0.39 is 0 Å². The van der Waals surface area contributed by atoms with Crippen molar-refractivity contribution >= 4 is 17.5 Å². The SMILES string of the molecule is CCCCC(=O)NCCOc1cc(C)ccc1Cl. The summed E-state index contributed by atoms with van der Waals surface area (Å²) in [6.07, 6.45) is 2.54. The average molecular weight is 270 g/mol. The van der Waals surface area contributed by atoms with Crippen LogP contribution in [-0.2, 0) is 4.79 Å². The molecule has 4 heteroatoms. The first kappa shape index (κ1) is 14.8. The summed E-state index contributed by atoms with van der Waals surface area (Å²) in [5.41, 5.74) is 1.10. The van der Waals surface area contributed by atoms with Gasteiger partial charge in [-0.05, 0) is 31.0 Å². The van der Waals surface area contributed by atoms with E-state index in [9.17, 15) is 4.79 Å². The van der Waals surface area contributed by atoms with Crippen molar-refractivity contribution in [2.24, 2.45) is 0 Å². The van der Waals surface area contributed by atoms with Gasteiger partial charge in [-0.15, -0.1) is 0 Å². The van der Waals surface area contributed by atoms with Crippen molar-refractivity contribution in [3.8, 4) is 5.75 Å². The summed E-state index contributed by atoms with van der Waals surface area (Å²) in [6.45, 7) is 4.99. The fourth-order valence-electron chi connectivity index (χ4n) is 1.50. The smallest absolute Gasteiger partial charge is 0.220 e. The lowest BCUT2D eigenvalue weighted by molar-refractivity contribution is -0.121. The average Bonchev–Trinajstić information content (AvgIpc) is 2.36. The van der Waals surface area contributed by atoms with Gasteiger partial charge in [-0.3, -0.25) is 4.79 Å². The van der Waals surface area contributed by atoms with E-state index in [1.165, 1.54) is 0 Å². The van der Waals surface area contributed by atoms with Crippen LogP contribution in [-0.4, -0.2) is 19.1 Å². The van der Waals surface area contributed by atoms with Gasteiger partial charge in [0.2, 0.25) is 5.91 Å². The fourth-order valence-corrected chi connectivity index (χ4v) is 1.67. The molecule has 0 spiro atoms. The zero-order valence-electron chi connectivity index (χ0n) is 11.0. The molecule has 0 unspecified atom stereocenters. The zero-order valence-corrected chi connectivity index (χ0v) is 11.7. The van der Waals surface area contributed by atoms with Crippen LogP contribution in [0.4, 0.5) is 0 Å². The maximum atomic E-state index is 11.3. The Morgan fingerprint density at radius 3 is 2.94 bits per heavy atom. The number of hydrogen-bond acceptors (Lipinski definition) is 2. The molecule has 0 aromatic heterocycles. The van der Waals surface area contributed by atoms with Gasteiger partial charge < -0.3 is 10.1 Å². The minimum atomic E-state index is 0.0794. The summed E-state index contributed by atoms with van der Waals surface area (Å²) in [6, 6.07) is 5.63. The highest BCUT2D eigenvalue weighted by atomic mass is 35.5. The van der Waals surface area contributed by atoms with Crippen LogP contribution in [0.25, 0.3) is 0 Å². The van der Waals surface area contributed by atoms with Crippen molar-refractivity contribution in [3.63, 3.8) is 0 Å². The van der Waals surface area contributed by atoms with E-state index in [2.05, 4.69) is 12.2 Å². The molecule has 0 aliphatic rings. The van der Waals surface area contributed by atoms with Crippen LogP contribution in [0.2, 0.25) is 5.02 Å². The number of unbranched alkanes of at least 4 members (excludes halogenated alkanes) is 1. The minimum absolute atomic E-state index is 0.0794. The highest BCUT2D eigenvalue weighted by Gasteiger charge is 2.02. The van der Waals surface area contributed by atoms with E-state index in [4.69, 9.17) is 16.3 Å². The van der Waals surface area contributed by atoms with Gasteiger partial charge >= 0.3 is 0 Å².